The Morgan fingerprint density at radius 1 is 0.287 bits per heavy atom. The van der Waals surface area contributed by atoms with Gasteiger partial charge in [0.15, 0.2) is 12.2 Å². The van der Waals surface area contributed by atoms with Crippen LogP contribution in [-0.2, 0) is 65.4 Å². The summed E-state index contributed by atoms with van der Waals surface area (Å²) in [6, 6.07) is 0. The summed E-state index contributed by atoms with van der Waals surface area (Å²) in [5, 5.41) is 10.6. The van der Waals surface area contributed by atoms with Crippen molar-refractivity contribution in [3.05, 3.63) is 0 Å². The fourth-order valence-electron chi connectivity index (χ4n) is 12.7. The van der Waals surface area contributed by atoms with E-state index in [0.29, 0.717) is 31.6 Å². The van der Waals surface area contributed by atoms with Crippen molar-refractivity contribution in [2.75, 3.05) is 39.6 Å². The minimum atomic E-state index is -4.96. The summed E-state index contributed by atoms with van der Waals surface area (Å²) in [6.07, 6.45) is 64.2. The molecule has 0 rings (SSSR count). The van der Waals surface area contributed by atoms with E-state index in [4.69, 9.17) is 37.0 Å². The molecular weight excluding hydrogens is 1320 g/mol. The maximum Gasteiger partial charge on any atom is 0.472 e. The summed E-state index contributed by atoms with van der Waals surface area (Å²) in [5.74, 6) is -0.664. The molecule has 0 saturated carbocycles. The van der Waals surface area contributed by atoms with E-state index in [9.17, 15) is 43.2 Å². The molecule has 0 fully saturated rings. The summed E-state index contributed by atoms with van der Waals surface area (Å²) in [6.45, 7) is 9.54. The molecule has 0 bridgehead atoms. The first kappa shape index (κ1) is 99.1. The first-order valence-electron chi connectivity index (χ1n) is 42.5. The first-order valence-corrected chi connectivity index (χ1v) is 45.5. The molecule has 0 aliphatic rings. The number of hydrogen-bond donors (Lipinski definition) is 3. The van der Waals surface area contributed by atoms with E-state index in [0.717, 1.165) is 102 Å². The van der Waals surface area contributed by atoms with Gasteiger partial charge in [0, 0.05) is 25.7 Å². The van der Waals surface area contributed by atoms with Crippen LogP contribution in [0.3, 0.4) is 0 Å². The molecule has 0 aromatic carbocycles. The predicted octanol–water partition coefficient (Wildman–Crippen LogP) is 24.7. The van der Waals surface area contributed by atoms with Crippen molar-refractivity contribution in [3.8, 4) is 0 Å². The zero-order chi connectivity index (χ0) is 74.2. The molecule has 6 atom stereocenters. The SMILES string of the molecule is CCCCCCCCCCCCCCCCCCCCCCCC(=O)O[C@H](COC(=O)CCCCCCCCCCCCCCCCCCCCC)COP(=O)(O)OC[C@@H](O)COP(=O)(O)OC[C@@H](COC(=O)CCCCCCCCC(C)C)OC(=O)CCCCCCCCCCC(C)CC. The van der Waals surface area contributed by atoms with Crippen molar-refractivity contribution >= 4 is 39.5 Å². The van der Waals surface area contributed by atoms with E-state index in [1.165, 1.54) is 244 Å². The molecule has 0 spiro atoms. The smallest absolute Gasteiger partial charge is 0.462 e. The Hall–Kier alpha value is -1.94. The van der Waals surface area contributed by atoms with Gasteiger partial charge in [0.1, 0.15) is 19.3 Å². The lowest BCUT2D eigenvalue weighted by molar-refractivity contribution is -0.161. The number of rotatable bonds is 81. The number of aliphatic hydroxyl groups excluding tert-OH is 1. The second kappa shape index (κ2) is 73.6. The number of phosphoric ester groups is 2. The zero-order valence-electron chi connectivity index (χ0n) is 66.2. The highest BCUT2D eigenvalue weighted by Crippen LogP contribution is 2.45. The summed E-state index contributed by atoms with van der Waals surface area (Å²) in [7, 11) is -9.92. The topological polar surface area (TPSA) is 237 Å². The van der Waals surface area contributed by atoms with Crippen LogP contribution in [0.25, 0.3) is 0 Å². The highest BCUT2D eigenvalue weighted by atomic mass is 31.2. The summed E-state index contributed by atoms with van der Waals surface area (Å²) < 4.78 is 68.7. The Morgan fingerprint density at radius 3 is 0.752 bits per heavy atom. The second-order valence-corrected chi connectivity index (χ2v) is 33.1. The number of carbonyl (C=O) groups excluding carboxylic acids is 4. The van der Waals surface area contributed by atoms with Gasteiger partial charge in [-0.3, -0.25) is 37.3 Å². The van der Waals surface area contributed by atoms with Gasteiger partial charge in [0.25, 0.3) is 0 Å². The molecule has 101 heavy (non-hydrogen) atoms. The van der Waals surface area contributed by atoms with Crippen molar-refractivity contribution in [2.45, 2.75) is 452 Å². The molecule has 0 saturated heterocycles. The minimum absolute atomic E-state index is 0.104. The van der Waals surface area contributed by atoms with Crippen LogP contribution in [0, 0.1) is 11.8 Å². The van der Waals surface area contributed by atoms with Crippen LogP contribution in [0.15, 0.2) is 0 Å². The third-order valence-corrected chi connectivity index (χ3v) is 21.5. The van der Waals surface area contributed by atoms with Crippen LogP contribution in [0.4, 0.5) is 0 Å². The first-order chi connectivity index (χ1) is 48.9. The molecule has 0 aromatic heterocycles. The van der Waals surface area contributed by atoms with Crippen LogP contribution in [0.5, 0.6) is 0 Å². The molecule has 600 valence electrons. The number of esters is 4. The Morgan fingerprint density at radius 2 is 0.505 bits per heavy atom. The van der Waals surface area contributed by atoms with Gasteiger partial charge in [-0.05, 0) is 37.5 Å². The fraction of sp³-hybridized carbons (Fsp3) is 0.951. The molecule has 19 heteroatoms. The molecule has 3 N–H and O–H groups in total. The lowest BCUT2D eigenvalue weighted by Crippen LogP contribution is -2.30. The van der Waals surface area contributed by atoms with Gasteiger partial charge in [0.05, 0.1) is 26.4 Å². The monoisotopic (exact) mass is 1480 g/mol. The van der Waals surface area contributed by atoms with Crippen LogP contribution >= 0.6 is 15.6 Å². The van der Waals surface area contributed by atoms with Crippen molar-refractivity contribution in [2.24, 2.45) is 11.8 Å². The van der Waals surface area contributed by atoms with Gasteiger partial charge in [-0.15, -0.1) is 0 Å². The molecule has 0 aromatic rings. The average Bonchev–Trinajstić information content (AvgIpc) is 0.990. The quantitative estimate of drug-likeness (QED) is 0.0222. The lowest BCUT2D eigenvalue weighted by atomic mass is 9.99. The molecule has 0 amide bonds. The number of phosphoric acid groups is 2. The van der Waals surface area contributed by atoms with Gasteiger partial charge in [-0.25, -0.2) is 9.13 Å². The molecule has 0 aliphatic heterocycles. The zero-order valence-corrected chi connectivity index (χ0v) is 68.0. The summed E-state index contributed by atoms with van der Waals surface area (Å²) in [5.41, 5.74) is 0. The van der Waals surface area contributed by atoms with Crippen molar-refractivity contribution in [1.29, 1.82) is 0 Å². The van der Waals surface area contributed by atoms with Crippen LogP contribution in [0.2, 0.25) is 0 Å². The van der Waals surface area contributed by atoms with Gasteiger partial charge in [0.2, 0.25) is 0 Å². The van der Waals surface area contributed by atoms with Crippen molar-refractivity contribution in [3.63, 3.8) is 0 Å². The lowest BCUT2D eigenvalue weighted by Gasteiger charge is -2.21. The molecule has 17 nitrogen and oxygen atoms in total. The number of hydrogen-bond acceptors (Lipinski definition) is 15. The third-order valence-electron chi connectivity index (χ3n) is 19.6. The van der Waals surface area contributed by atoms with Crippen LogP contribution in [-0.4, -0.2) is 96.7 Å². The normalized spacial score (nSPS) is 14.2. The fourth-order valence-corrected chi connectivity index (χ4v) is 14.3. The van der Waals surface area contributed by atoms with E-state index in [-0.39, 0.29) is 25.7 Å². The van der Waals surface area contributed by atoms with E-state index >= 15 is 0 Å². The van der Waals surface area contributed by atoms with Gasteiger partial charge in [-0.2, -0.15) is 0 Å². The molecular formula is C82H160O17P2. The van der Waals surface area contributed by atoms with Crippen LogP contribution in [0.1, 0.15) is 433 Å². The Bertz CT molecular complexity index is 1940. The largest absolute Gasteiger partial charge is 0.472 e. The van der Waals surface area contributed by atoms with E-state index < -0.39 is 97.5 Å². The van der Waals surface area contributed by atoms with Crippen molar-refractivity contribution in [1.82, 2.24) is 0 Å². The molecule has 3 unspecified atom stereocenters. The maximum atomic E-state index is 13.1. The van der Waals surface area contributed by atoms with Crippen LogP contribution < -0.4 is 0 Å². The van der Waals surface area contributed by atoms with E-state index in [2.05, 4.69) is 41.5 Å². The molecule has 0 radical (unpaired) electrons. The Balaban J connectivity index is 5.20. The second-order valence-electron chi connectivity index (χ2n) is 30.2. The van der Waals surface area contributed by atoms with E-state index in [1.54, 1.807) is 0 Å². The highest BCUT2D eigenvalue weighted by molar-refractivity contribution is 7.47. The van der Waals surface area contributed by atoms with Gasteiger partial charge >= 0.3 is 39.5 Å². The van der Waals surface area contributed by atoms with E-state index in [1.807, 2.05) is 0 Å². The maximum absolute atomic E-state index is 13.1. The number of carbonyl (C=O) groups is 4. The van der Waals surface area contributed by atoms with Gasteiger partial charge < -0.3 is 33.8 Å². The summed E-state index contributed by atoms with van der Waals surface area (Å²) in [4.78, 5) is 73.0. The van der Waals surface area contributed by atoms with Crippen molar-refractivity contribution < 1.29 is 80.2 Å². The standard InChI is InChI=1S/C82H160O17P2/c1-7-10-12-14-16-18-20-22-24-26-28-29-31-33-35-37-39-41-46-54-60-66-81(86)98-77(70-92-79(84)64-58-52-45-40-38-36-34-32-30-27-25-23-21-19-17-15-13-11-8-2)72-96-100(88,89)94-68-76(83)69-95-101(90,91)97-73-78(71-93-80(85)65-59-53-49-48-50-56-62-74(4)5)99-82(87)67-61-55-47-43-42-44-51-57-63-75(6)9-3/h74-78,83H,7-73H2,1-6H3,(H,88,89)(H,90,91)/t75?,76-,77-,78-/m1/s1. The average molecular weight is 1480 g/mol. The third kappa shape index (κ3) is 74.7. The minimum Gasteiger partial charge on any atom is -0.462 e. The molecule has 0 aliphatic carbocycles. The molecule has 0 heterocycles. The predicted molar refractivity (Wildman–Crippen MR) is 414 cm³/mol. The number of unbranched alkanes of at least 4 members (excludes halogenated alkanes) is 50. The Labute approximate surface area is 619 Å². The highest BCUT2D eigenvalue weighted by Gasteiger charge is 2.30. The number of aliphatic hydroxyl groups is 1. The summed E-state index contributed by atoms with van der Waals surface area (Å²) >= 11 is 0. The van der Waals surface area contributed by atoms with Gasteiger partial charge in [-0.1, -0.05) is 382 Å². The number of ether oxygens (including phenoxy) is 4. The Kier molecular flexibility index (Phi) is 72.2.